The first kappa shape index (κ1) is 27.7. The van der Waals surface area contributed by atoms with Crippen LogP contribution in [-0.2, 0) is 16.0 Å². The summed E-state index contributed by atoms with van der Waals surface area (Å²) in [5.41, 5.74) is 1.24. The molecule has 0 aromatic heterocycles. The summed E-state index contributed by atoms with van der Waals surface area (Å²) in [6.07, 6.45) is 3.64. The smallest absolute Gasteiger partial charge is 0.490 e. The Morgan fingerprint density at radius 3 is 2.07 bits per heavy atom. The standard InChI is InChI=1S/C19H31NO3.C2HF3O2/c1-2-3-4-5-6-7-16-23-18-10-8-17(9-11-18)12-14-20-15-13-19(21)22;3-2(4,5)1(6)7/h8-11,20H,2-7,12-16H2,1H3,(H,21,22);(H,6,7). The second-order valence-corrected chi connectivity index (χ2v) is 6.71. The molecule has 0 saturated carbocycles. The lowest BCUT2D eigenvalue weighted by Crippen LogP contribution is -2.21. The SMILES string of the molecule is CCCCCCCCOc1ccc(CCNCCC(=O)O)cc1.O=C(O)C(F)(F)F. The summed E-state index contributed by atoms with van der Waals surface area (Å²) in [6, 6.07) is 8.19. The normalized spacial score (nSPS) is 10.8. The maximum Gasteiger partial charge on any atom is 0.490 e. The predicted octanol–water partition coefficient (Wildman–Crippen LogP) is 4.67. The molecule has 30 heavy (non-hydrogen) atoms. The first-order valence-corrected chi connectivity index (χ1v) is 10.1. The van der Waals surface area contributed by atoms with E-state index in [0.29, 0.717) is 6.54 Å². The third-order valence-corrected chi connectivity index (χ3v) is 4.04. The van der Waals surface area contributed by atoms with Gasteiger partial charge in [0.25, 0.3) is 0 Å². The Morgan fingerprint density at radius 2 is 1.53 bits per heavy atom. The zero-order valence-electron chi connectivity index (χ0n) is 17.3. The summed E-state index contributed by atoms with van der Waals surface area (Å²) in [5.74, 6) is -2.59. The molecule has 0 saturated heterocycles. The van der Waals surface area contributed by atoms with Crippen molar-refractivity contribution in [3.63, 3.8) is 0 Å². The Hall–Kier alpha value is -2.29. The molecule has 0 aliphatic heterocycles. The molecule has 0 amide bonds. The van der Waals surface area contributed by atoms with Gasteiger partial charge < -0.3 is 20.3 Å². The number of hydrogen-bond acceptors (Lipinski definition) is 4. The first-order chi connectivity index (χ1) is 14.2. The van der Waals surface area contributed by atoms with Crippen molar-refractivity contribution in [2.24, 2.45) is 0 Å². The molecule has 0 unspecified atom stereocenters. The van der Waals surface area contributed by atoms with Crippen molar-refractivity contribution in [3.05, 3.63) is 29.8 Å². The highest BCUT2D eigenvalue weighted by Crippen LogP contribution is 2.14. The van der Waals surface area contributed by atoms with Crippen LogP contribution in [0.4, 0.5) is 13.2 Å². The van der Waals surface area contributed by atoms with Gasteiger partial charge in [0.05, 0.1) is 13.0 Å². The Morgan fingerprint density at radius 1 is 0.967 bits per heavy atom. The minimum Gasteiger partial charge on any atom is -0.494 e. The van der Waals surface area contributed by atoms with Crippen LogP contribution in [0.5, 0.6) is 5.75 Å². The van der Waals surface area contributed by atoms with Crippen molar-refractivity contribution in [2.45, 2.75) is 64.5 Å². The average Bonchev–Trinajstić information content (AvgIpc) is 2.67. The van der Waals surface area contributed by atoms with Crippen molar-refractivity contribution in [1.29, 1.82) is 0 Å². The van der Waals surface area contributed by atoms with Crippen molar-refractivity contribution < 1.29 is 37.7 Å². The molecule has 0 radical (unpaired) electrons. The lowest BCUT2D eigenvalue weighted by molar-refractivity contribution is -0.192. The molecule has 0 aliphatic carbocycles. The lowest BCUT2D eigenvalue weighted by atomic mass is 10.1. The maximum absolute atomic E-state index is 10.6. The number of ether oxygens (including phenoxy) is 1. The molecule has 0 atom stereocenters. The van der Waals surface area contributed by atoms with E-state index in [9.17, 15) is 18.0 Å². The molecule has 9 heteroatoms. The van der Waals surface area contributed by atoms with Crippen molar-refractivity contribution in [2.75, 3.05) is 19.7 Å². The number of carboxylic acid groups (broad SMARTS) is 2. The Balaban J connectivity index is 0.00000103. The predicted molar refractivity (Wildman–Crippen MR) is 108 cm³/mol. The number of hydrogen-bond donors (Lipinski definition) is 3. The largest absolute Gasteiger partial charge is 0.494 e. The minimum absolute atomic E-state index is 0.172. The molecule has 172 valence electrons. The molecule has 0 spiro atoms. The fourth-order valence-corrected chi connectivity index (χ4v) is 2.38. The molecule has 1 aromatic carbocycles. The van der Waals surface area contributed by atoms with Gasteiger partial charge in [0, 0.05) is 6.54 Å². The Kier molecular flexibility index (Phi) is 15.2. The Bertz CT molecular complexity index is 591. The number of carbonyl (C=O) groups is 2. The molecule has 6 nitrogen and oxygen atoms in total. The molecule has 1 aromatic rings. The topological polar surface area (TPSA) is 95.9 Å². The third-order valence-electron chi connectivity index (χ3n) is 4.04. The van der Waals surface area contributed by atoms with Gasteiger partial charge >= 0.3 is 18.1 Å². The second kappa shape index (κ2) is 16.5. The van der Waals surface area contributed by atoms with E-state index in [1.54, 1.807) is 0 Å². The molecule has 0 fully saturated rings. The molecule has 0 bridgehead atoms. The number of alkyl halides is 3. The van der Waals surface area contributed by atoms with Crippen LogP contribution in [0.25, 0.3) is 0 Å². The van der Waals surface area contributed by atoms with E-state index in [-0.39, 0.29) is 6.42 Å². The first-order valence-electron chi connectivity index (χ1n) is 10.1. The maximum atomic E-state index is 10.6. The number of benzene rings is 1. The van der Waals surface area contributed by atoms with Gasteiger partial charge in [-0.3, -0.25) is 4.79 Å². The van der Waals surface area contributed by atoms with Gasteiger partial charge in [0.2, 0.25) is 0 Å². The van der Waals surface area contributed by atoms with Crippen molar-refractivity contribution >= 4 is 11.9 Å². The zero-order chi connectivity index (χ0) is 22.8. The number of halogens is 3. The van der Waals surface area contributed by atoms with E-state index in [4.69, 9.17) is 19.7 Å². The summed E-state index contributed by atoms with van der Waals surface area (Å²) in [7, 11) is 0. The second-order valence-electron chi connectivity index (χ2n) is 6.71. The van der Waals surface area contributed by atoms with Crippen LogP contribution in [0.15, 0.2) is 24.3 Å². The van der Waals surface area contributed by atoms with Gasteiger partial charge in [-0.25, -0.2) is 4.79 Å². The van der Waals surface area contributed by atoms with E-state index < -0.39 is 18.1 Å². The molecule has 1 rings (SSSR count). The fraction of sp³-hybridized carbons (Fsp3) is 0.619. The van der Waals surface area contributed by atoms with E-state index in [1.165, 1.54) is 37.7 Å². The van der Waals surface area contributed by atoms with Crippen molar-refractivity contribution in [1.82, 2.24) is 5.32 Å². The lowest BCUT2D eigenvalue weighted by Gasteiger charge is -2.08. The summed E-state index contributed by atoms with van der Waals surface area (Å²) < 4.78 is 37.5. The van der Waals surface area contributed by atoms with Crippen LogP contribution < -0.4 is 10.1 Å². The number of unbranched alkanes of at least 4 members (excludes halogenated alkanes) is 5. The van der Waals surface area contributed by atoms with Crippen LogP contribution >= 0.6 is 0 Å². The highest BCUT2D eigenvalue weighted by Gasteiger charge is 2.38. The highest BCUT2D eigenvalue weighted by atomic mass is 19.4. The molecular formula is C21H32F3NO5. The number of rotatable bonds is 14. The zero-order valence-corrected chi connectivity index (χ0v) is 17.3. The Labute approximate surface area is 175 Å². The number of nitrogens with one attached hydrogen (secondary N) is 1. The highest BCUT2D eigenvalue weighted by molar-refractivity contribution is 5.73. The molecule has 0 aliphatic rings. The average molecular weight is 435 g/mol. The molecule has 0 heterocycles. The van der Waals surface area contributed by atoms with Crippen LogP contribution in [0.1, 0.15) is 57.4 Å². The summed E-state index contributed by atoms with van der Waals surface area (Å²) in [5, 5.41) is 18.8. The van der Waals surface area contributed by atoms with Crippen LogP contribution in [-0.4, -0.2) is 48.0 Å². The number of carboxylic acids is 2. The van der Waals surface area contributed by atoms with Gasteiger partial charge in [-0.2, -0.15) is 13.2 Å². The summed E-state index contributed by atoms with van der Waals surface area (Å²) >= 11 is 0. The monoisotopic (exact) mass is 435 g/mol. The van der Waals surface area contributed by atoms with Gasteiger partial charge in [-0.15, -0.1) is 0 Å². The van der Waals surface area contributed by atoms with Crippen LogP contribution in [0.2, 0.25) is 0 Å². The summed E-state index contributed by atoms with van der Waals surface area (Å²) in [4.78, 5) is 19.3. The minimum atomic E-state index is -5.08. The fourth-order valence-electron chi connectivity index (χ4n) is 2.38. The molecule has 3 N–H and O–H groups in total. The third kappa shape index (κ3) is 16.6. The number of aliphatic carboxylic acids is 2. The van der Waals surface area contributed by atoms with Gasteiger partial charge in [0.15, 0.2) is 0 Å². The van der Waals surface area contributed by atoms with E-state index >= 15 is 0 Å². The quantitative estimate of drug-likeness (QED) is 0.368. The van der Waals surface area contributed by atoms with E-state index in [1.807, 2.05) is 12.1 Å². The van der Waals surface area contributed by atoms with Gasteiger partial charge in [0.1, 0.15) is 5.75 Å². The summed E-state index contributed by atoms with van der Waals surface area (Å²) in [6.45, 7) is 4.35. The molecular weight excluding hydrogens is 403 g/mol. The van der Waals surface area contributed by atoms with Crippen LogP contribution in [0.3, 0.4) is 0 Å². The van der Waals surface area contributed by atoms with E-state index in [0.717, 1.165) is 31.7 Å². The van der Waals surface area contributed by atoms with Gasteiger partial charge in [-0.05, 0) is 37.1 Å². The van der Waals surface area contributed by atoms with Crippen LogP contribution in [0, 0.1) is 0 Å². The van der Waals surface area contributed by atoms with Gasteiger partial charge in [-0.1, -0.05) is 51.2 Å². The van der Waals surface area contributed by atoms with E-state index in [2.05, 4.69) is 24.4 Å². The van der Waals surface area contributed by atoms with Crippen molar-refractivity contribution in [3.8, 4) is 5.75 Å².